The van der Waals surface area contributed by atoms with Gasteiger partial charge < -0.3 is 19.2 Å². The molecule has 1 N–H and O–H groups in total. The van der Waals surface area contributed by atoms with E-state index in [1.807, 2.05) is 31.2 Å². The minimum Gasteiger partial charge on any atom is -0.493 e. The van der Waals surface area contributed by atoms with Crippen LogP contribution in [-0.2, 0) is 17.8 Å². The molecule has 0 aliphatic heterocycles. The highest BCUT2D eigenvalue weighted by atomic mass is 16.5. The quantitative estimate of drug-likeness (QED) is 0.614. The van der Waals surface area contributed by atoms with Gasteiger partial charge in [-0.1, -0.05) is 25.1 Å². The molecule has 0 atom stereocenters. The van der Waals surface area contributed by atoms with Gasteiger partial charge in [-0.2, -0.15) is 0 Å². The number of rotatable bonds is 8. The highest BCUT2D eigenvalue weighted by Gasteiger charge is 2.13. The number of furan rings is 1. The number of aryl methyl sites for hydroxylation is 2. The second kappa shape index (κ2) is 8.83. The lowest BCUT2D eigenvalue weighted by Gasteiger charge is -2.12. The lowest BCUT2D eigenvalue weighted by atomic mass is 10.0. The molecule has 28 heavy (non-hydrogen) atoms. The van der Waals surface area contributed by atoms with E-state index in [2.05, 4.69) is 25.2 Å². The summed E-state index contributed by atoms with van der Waals surface area (Å²) in [5.41, 5.74) is 5.00. The fraction of sp³-hybridized carbons (Fsp3) is 0.348. The maximum absolute atomic E-state index is 12.4. The lowest BCUT2D eigenvalue weighted by molar-refractivity contribution is -0.120. The van der Waals surface area contributed by atoms with E-state index in [0.29, 0.717) is 18.9 Å². The maximum Gasteiger partial charge on any atom is 0.224 e. The van der Waals surface area contributed by atoms with Gasteiger partial charge in [-0.15, -0.1) is 0 Å². The summed E-state index contributed by atoms with van der Waals surface area (Å²) < 4.78 is 16.7. The average Bonchev–Trinajstić information content (AvgIpc) is 3.11. The molecule has 2 aromatic carbocycles. The SMILES string of the molecule is CCCOc1ccc(CNC(=O)Cc2coc3c(C)c(C)ccc23)cc1OC. The molecule has 0 radical (unpaired) electrons. The smallest absolute Gasteiger partial charge is 0.224 e. The minimum absolute atomic E-state index is 0.0498. The monoisotopic (exact) mass is 381 g/mol. The molecule has 0 aliphatic carbocycles. The Morgan fingerprint density at radius 1 is 1.14 bits per heavy atom. The summed E-state index contributed by atoms with van der Waals surface area (Å²) >= 11 is 0. The van der Waals surface area contributed by atoms with Crippen molar-refractivity contribution >= 4 is 16.9 Å². The van der Waals surface area contributed by atoms with E-state index in [-0.39, 0.29) is 12.3 Å². The molecule has 1 amide bonds. The van der Waals surface area contributed by atoms with E-state index in [9.17, 15) is 4.79 Å². The van der Waals surface area contributed by atoms with Crippen LogP contribution in [0, 0.1) is 13.8 Å². The molecule has 5 nitrogen and oxygen atoms in total. The number of hydrogen-bond acceptors (Lipinski definition) is 4. The van der Waals surface area contributed by atoms with Crippen LogP contribution in [0.25, 0.3) is 11.0 Å². The highest BCUT2D eigenvalue weighted by Crippen LogP contribution is 2.29. The van der Waals surface area contributed by atoms with Crippen LogP contribution in [0.4, 0.5) is 0 Å². The van der Waals surface area contributed by atoms with Crippen LogP contribution in [0.3, 0.4) is 0 Å². The van der Waals surface area contributed by atoms with Crippen molar-refractivity contribution in [3.05, 3.63) is 58.8 Å². The molecule has 0 spiro atoms. The number of nitrogens with one attached hydrogen (secondary N) is 1. The van der Waals surface area contributed by atoms with E-state index in [4.69, 9.17) is 13.9 Å². The molecule has 0 bridgehead atoms. The van der Waals surface area contributed by atoms with Crippen molar-refractivity contribution < 1.29 is 18.7 Å². The Kier molecular flexibility index (Phi) is 6.24. The number of amides is 1. The zero-order valence-electron chi connectivity index (χ0n) is 16.9. The van der Waals surface area contributed by atoms with Crippen LogP contribution in [0.2, 0.25) is 0 Å². The molecule has 5 heteroatoms. The van der Waals surface area contributed by atoms with Crippen LogP contribution in [0.15, 0.2) is 41.0 Å². The Balaban J connectivity index is 1.64. The Labute approximate surface area is 165 Å². The Morgan fingerprint density at radius 3 is 2.71 bits per heavy atom. The highest BCUT2D eigenvalue weighted by molar-refractivity contribution is 5.89. The van der Waals surface area contributed by atoms with Crippen molar-refractivity contribution in [3.63, 3.8) is 0 Å². The second-order valence-corrected chi connectivity index (χ2v) is 6.93. The Morgan fingerprint density at radius 2 is 1.96 bits per heavy atom. The van der Waals surface area contributed by atoms with Crippen LogP contribution < -0.4 is 14.8 Å². The maximum atomic E-state index is 12.4. The van der Waals surface area contributed by atoms with E-state index in [1.165, 1.54) is 5.56 Å². The minimum atomic E-state index is -0.0498. The van der Waals surface area contributed by atoms with E-state index >= 15 is 0 Å². The Bertz CT molecular complexity index is 974. The van der Waals surface area contributed by atoms with Gasteiger partial charge >= 0.3 is 0 Å². The summed E-state index contributed by atoms with van der Waals surface area (Å²) in [7, 11) is 1.62. The first kappa shape index (κ1) is 19.8. The molecule has 0 aliphatic rings. The summed E-state index contributed by atoms with van der Waals surface area (Å²) in [6.45, 7) is 7.21. The standard InChI is InChI=1S/C23H27NO4/c1-5-10-27-20-9-7-17(11-21(20)26-4)13-24-22(25)12-18-14-28-23-16(3)15(2)6-8-19(18)23/h6-9,11,14H,5,10,12-13H2,1-4H3,(H,24,25). The van der Waals surface area contributed by atoms with Crippen LogP contribution in [0.1, 0.15) is 35.6 Å². The third kappa shape index (κ3) is 4.30. The van der Waals surface area contributed by atoms with E-state index in [1.54, 1.807) is 13.4 Å². The topological polar surface area (TPSA) is 60.7 Å². The molecule has 1 aromatic heterocycles. The molecule has 1 heterocycles. The molecular weight excluding hydrogens is 354 g/mol. The number of hydrogen-bond donors (Lipinski definition) is 1. The molecule has 148 valence electrons. The van der Waals surface area contributed by atoms with Crippen molar-refractivity contribution in [2.24, 2.45) is 0 Å². The summed E-state index contributed by atoms with van der Waals surface area (Å²) in [4.78, 5) is 12.4. The third-order valence-corrected chi connectivity index (χ3v) is 4.87. The second-order valence-electron chi connectivity index (χ2n) is 6.93. The molecule has 0 fully saturated rings. The van der Waals surface area contributed by atoms with E-state index in [0.717, 1.165) is 39.8 Å². The normalized spacial score (nSPS) is 10.9. The average molecular weight is 381 g/mol. The van der Waals surface area contributed by atoms with Gasteiger partial charge in [0.05, 0.1) is 26.4 Å². The van der Waals surface area contributed by atoms with Gasteiger partial charge in [-0.3, -0.25) is 4.79 Å². The third-order valence-electron chi connectivity index (χ3n) is 4.87. The molecule has 3 rings (SSSR count). The lowest BCUT2D eigenvalue weighted by Crippen LogP contribution is -2.24. The number of methoxy groups -OCH3 is 1. The van der Waals surface area contributed by atoms with Crippen LogP contribution in [-0.4, -0.2) is 19.6 Å². The number of carbonyl (C=O) groups excluding carboxylic acids is 1. The zero-order valence-corrected chi connectivity index (χ0v) is 16.9. The summed E-state index contributed by atoms with van der Waals surface area (Å²) in [5.74, 6) is 1.34. The Hall–Kier alpha value is -2.95. The van der Waals surface area contributed by atoms with Gasteiger partial charge in [0.15, 0.2) is 11.5 Å². The molecule has 0 saturated heterocycles. The number of benzene rings is 2. The zero-order chi connectivity index (χ0) is 20.1. The fourth-order valence-electron chi connectivity index (χ4n) is 3.11. The van der Waals surface area contributed by atoms with Crippen LogP contribution >= 0.6 is 0 Å². The summed E-state index contributed by atoms with van der Waals surface area (Å²) in [6.07, 6.45) is 2.90. The first-order valence-corrected chi connectivity index (χ1v) is 9.56. The number of fused-ring (bicyclic) bond motifs is 1. The molecule has 3 aromatic rings. The molecule has 0 saturated carbocycles. The first-order valence-electron chi connectivity index (χ1n) is 9.56. The van der Waals surface area contributed by atoms with Gasteiger partial charge in [-0.25, -0.2) is 0 Å². The van der Waals surface area contributed by atoms with Crippen molar-refractivity contribution in [3.8, 4) is 11.5 Å². The van der Waals surface area contributed by atoms with Gasteiger partial charge in [0.2, 0.25) is 5.91 Å². The van der Waals surface area contributed by atoms with Crippen molar-refractivity contribution in [1.82, 2.24) is 5.32 Å². The number of carbonyl (C=O) groups is 1. The largest absolute Gasteiger partial charge is 0.493 e. The first-order chi connectivity index (χ1) is 13.5. The van der Waals surface area contributed by atoms with Gasteiger partial charge in [0.25, 0.3) is 0 Å². The predicted octanol–water partition coefficient (Wildman–Crippen LogP) is 4.71. The van der Waals surface area contributed by atoms with Crippen molar-refractivity contribution in [1.29, 1.82) is 0 Å². The predicted molar refractivity (Wildman–Crippen MR) is 110 cm³/mol. The summed E-state index contributed by atoms with van der Waals surface area (Å²) in [6, 6.07) is 9.79. The van der Waals surface area contributed by atoms with Gasteiger partial charge in [0, 0.05) is 17.5 Å². The van der Waals surface area contributed by atoms with Crippen molar-refractivity contribution in [2.75, 3.05) is 13.7 Å². The number of ether oxygens (including phenoxy) is 2. The molecule has 0 unspecified atom stereocenters. The van der Waals surface area contributed by atoms with E-state index < -0.39 is 0 Å². The van der Waals surface area contributed by atoms with Crippen LogP contribution in [0.5, 0.6) is 11.5 Å². The van der Waals surface area contributed by atoms with Gasteiger partial charge in [-0.05, 0) is 49.1 Å². The van der Waals surface area contributed by atoms with Crippen molar-refractivity contribution in [2.45, 2.75) is 40.2 Å². The van der Waals surface area contributed by atoms with Gasteiger partial charge in [0.1, 0.15) is 5.58 Å². The fourth-order valence-corrected chi connectivity index (χ4v) is 3.11. The molecular formula is C23H27NO4. The summed E-state index contributed by atoms with van der Waals surface area (Å²) in [5, 5.41) is 3.96.